The van der Waals surface area contributed by atoms with Crippen LogP contribution >= 0.6 is 0 Å². The zero-order valence-corrected chi connectivity index (χ0v) is 14.6. The van der Waals surface area contributed by atoms with E-state index in [1.54, 1.807) is 24.5 Å². The van der Waals surface area contributed by atoms with E-state index in [0.717, 1.165) is 39.0 Å². The molecule has 26 heavy (non-hydrogen) atoms. The molecule has 0 fully saturated rings. The van der Waals surface area contributed by atoms with Gasteiger partial charge in [-0.3, -0.25) is 4.98 Å². The number of benzene rings is 2. The van der Waals surface area contributed by atoms with Gasteiger partial charge in [-0.25, -0.2) is 9.97 Å². The number of aromatic hydroxyl groups is 1. The van der Waals surface area contributed by atoms with E-state index in [1.165, 1.54) is 0 Å². The number of phenolic OH excluding ortho intramolecular Hbond substituents is 1. The molecular weight excluding hydrogens is 324 g/mol. The zero-order valence-electron chi connectivity index (χ0n) is 14.6. The van der Waals surface area contributed by atoms with Crippen molar-refractivity contribution in [3.63, 3.8) is 0 Å². The first kappa shape index (κ1) is 16.0. The molecule has 0 saturated heterocycles. The van der Waals surface area contributed by atoms with Gasteiger partial charge in [-0.05, 0) is 60.0 Å². The Morgan fingerprint density at radius 2 is 1.73 bits per heavy atom. The first-order valence-electron chi connectivity index (χ1n) is 8.35. The molecule has 2 aromatic carbocycles. The van der Waals surface area contributed by atoms with Gasteiger partial charge in [-0.2, -0.15) is 0 Å². The van der Waals surface area contributed by atoms with E-state index >= 15 is 0 Å². The van der Waals surface area contributed by atoms with Crippen LogP contribution in [0.15, 0.2) is 60.9 Å². The second-order valence-corrected chi connectivity index (χ2v) is 6.12. The third kappa shape index (κ3) is 2.84. The maximum Gasteiger partial charge on any atom is 0.163 e. The van der Waals surface area contributed by atoms with Crippen molar-refractivity contribution in [1.29, 1.82) is 0 Å². The lowest BCUT2D eigenvalue weighted by Crippen LogP contribution is -2.00. The van der Waals surface area contributed by atoms with Gasteiger partial charge in [-0.15, -0.1) is 0 Å². The van der Waals surface area contributed by atoms with Crippen LogP contribution in [0.25, 0.3) is 33.4 Å². The summed E-state index contributed by atoms with van der Waals surface area (Å²) in [5, 5.41) is 13.7. The lowest BCUT2D eigenvalue weighted by atomic mass is 10.00. The molecular formula is C21H18N4O. The number of nitrogens with one attached hydrogen (secondary N) is 1. The molecule has 0 aliphatic heterocycles. The average molecular weight is 342 g/mol. The summed E-state index contributed by atoms with van der Waals surface area (Å²) < 4.78 is 0. The van der Waals surface area contributed by atoms with Crippen LogP contribution in [-0.4, -0.2) is 27.1 Å². The summed E-state index contributed by atoms with van der Waals surface area (Å²) in [6.45, 7) is 2.05. The van der Waals surface area contributed by atoms with Crippen molar-refractivity contribution in [3.8, 4) is 28.3 Å². The molecule has 2 N–H and O–H groups in total. The Morgan fingerprint density at radius 3 is 2.42 bits per heavy atom. The fourth-order valence-corrected chi connectivity index (χ4v) is 3.04. The Balaban J connectivity index is 1.93. The van der Waals surface area contributed by atoms with E-state index in [9.17, 15) is 5.11 Å². The molecule has 0 amide bonds. The number of fused-ring (bicyclic) bond motifs is 1. The highest BCUT2D eigenvalue weighted by Crippen LogP contribution is 2.32. The Bertz CT molecular complexity index is 1080. The number of aryl methyl sites for hydroxylation is 1. The Kier molecular flexibility index (Phi) is 3.97. The molecule has 5 nitrogen and oxygen atoms in total. The highest BCUT2D eigenvalue weighted by molar-refractivity contribution is 5.96. The molecule has 2 heterocycles. The maximum absolute atomic E-state index is 9.52. The Morgan fingerprint density at radius 1 is 0.923 bits per heavy atom. The van der Waals surface area contributed by atoms with Crippen molar-refractivity contribution in [2.45, 2.75) is 6.92 Å². The SMILES string of the molecule is CNc1nc(-c2cccnc2)nc2c(C)cc(-c3ccc(O)cc3)cc12. The van der Waals surface area contributed by atoms with Gasteiger partial charge in [0.05, 0.1) is 5.52 Å². The van der Waals surface area contributed by atoms with Crippen LogP contribution in [0, 0.1) is 6.92 Å². The second-order valence-electron chi connectivity index (χ2n) is 6.12. The molecule has 0 unspecified atom stereocenters. The maximum atomic E-state index is 9.52. The van der Waals surface area contributed by atoms with Gasteiger partial charge < -0.3 is 10.4 Å². The molecule has 0 radical (unpaired) electrons. The number of pyridine rings is 1. The van der Waals surface area contributed by atoms with E-state index in [0.29, 0.717) is 5.82 Å². The third-order valence-corrected chi connectivity index (χ3v) is 4.35. The van der Waals surface area contributed by atoms with Crippen molar-refractivity contribution in [1.82, 2.24) is 15.0 Å². The predicted molar refractivity (Wildman–Crippen MR) is 104 cm³/mol. The molecule has 4 aromatic rings. The minimum Gasteiger partial charge on any atom is -0.508 e. The smallest absolute Gasteiger partial charge is 0.163 e. The molecule has 0 aliphatic carbocycles. The van der Waals surface area contributed by atoms with Crippen LogP contribution in [0.1, 0.15) is 5.56 Å². The van der Waals surface area contributed by atoms with Gasteiger partial charge >= 0.3 is 0 Å². The standard InChI is InChI=1S/C21H18N4O/c1-13-10-16(14-5-7-17(26)8-6-14)11-18-19(13)24-20(25-21(18)22-2)15-4-3-9-23-12-15/h3-12,26H,1-2H3,(H,22,24,25). The number of nitrogens with zero attached hydrogens (tertiary/aromatic N) is 3. The van der Waals surface area contributed by atoms with E-state index < -0.39 is 0 Å². The summed E-state index contributed by atoms with van der Waals surface area (Å²) >= 11 is 0. The number of hydrogen-bond acceptors (Lipinski definition) is 5. The van der Waals surface area contributed by atoms with Crippen LogP contribution in [-0.2, 0) is 0 Å². The molecule has 0 aliphatic rings. The molecule has 4 rings (SSSR count). The summed E-state index contributed by atoms with van der Waals surface area (Å²) in [6.07, 6.45) is 3.50. The number of rotatable bonds is 3. The van der Waals surface area contributed by atoms with Gasteiger partial charge in [0.25, 0.3) is 0 Å². The highest BCUT2D eigenvalue weighted by Gasteiger charge is 2.12. The minimum atomic E-state index is 0.256. The molecule has 2 aromatic heterocycles. The minimum absolute atomic E-state index is 0.256. The third-order valence-electron chi connectivity index (χ3n) is 4.35. The topological polar surface area (TPSA) is 70.9 Å². The van der Waals surface area contributed by atoms with Crippen molar-refractivity contribution < 1.29 is 5.11 Å². The lowest BCUT2D eigenvalue weighted by Gasteiger charge is -2.12. The van der Waals surface area contributed by atoms with Gasteiger partial charge in [-0.1, -0.05) is 12.1 Å². The van der Waals surface area contributed by atoms with E-state index in [2.05, 4.69) is 27.4 Å². The molecule has 0 atom stereocenters. The Hall–Kier alpha value is -3.47. The summed E-state index contributed by atoms with van der Waals surface area (Å²) in [4.78, 5) is 13.6. The largest absolute Gasteiger partial charge is 0.508 e. The van der Waals surface area contributed by atoms with Crippen LogP contribution in [0.5, 0.6) is 5.75 Å². The van der Waals surface area contributed by atoms with E-state index in [1.807, 2.05) is 38.2 Å². The second kappa shape index (κ2) is 6.44. The van der Waals surface area contributed by atoms with E-state index in [4.69, 9.17) is 4.98 Å². The lowest BCUT2D eigenvalue weighted by molar-refractivity contribution is 0.475. The number of phenols is 1. The first-order valence-corrected chi connectivity index (χ1v) is 8.35. The summed E-state index contributed by atoms with van der Waals surface area (Å²) in [6, 6.07) is 15.2. The van der Waals surface area contributed by atoms with Crippen molar-refractivity contribution in [2.24, 2.45) is 0 Å². The fourth-order valence-electron chi connectivity index (χ4n) is 3.04. The molecule has 128 valence electrons. The zero-order chi connectivity index (χ0) is 18.1. The predicted octanol–water partition coefficient (Wildman–Crippen LogP) is 4.41. The summed E-state index contributed by atoms with van der Waals surface area (Å²) in [7, 11) is 1.86. The number of aromatic nitrogens is 3. The fraction of sp³-hybridized carbons (Fsp3) is 0.0952. The van der Waals surface area contributed by atoms with Crippen molar-refractivity contribution in [2.75, 3.05) is 12.4 Å². The summed E-state index contributed by atoms with van der Waals surface area (Å²) in [5.41, 5.74) is 4.95. The normalized spacial score (nSPS) is 10.8. The van der Waals surface area contributed by atoms with Crippen molar-refractivity contribution >= 4 is 16.7 Å². The molecule has 0 saturated carbocycles. The molecule has 0 spiro atoms. The Labute approximate surface area is 151 Å². The molecule has 5 heteroatoms. The quantitative estimate of drug-likeness (QED) is 0.577. The number of hydrogen-bond donors (Lipinski definition) is 2. The van der Waals surface area contributed by atoms with Crippen LogP contribution in [0.2, 0.25) is 0 Å². The van der Waals surface area contributed by atoms with Gasteiger partial charge in [0.2, 0.25) is 0 Å². The first-order chi connectivity index (χ1) is 12.7. The van der Waals surface area contributed by atoms with E-state index in [-0.39, 0.29) is 5.75 Å². The van der Waals surface area contributed by atoms with Crippen LogP contribution in [0.4, 0.5) is 5.82 Å². The highest BCUT2D eigenvalue weighted by atomic mass is 16.3. The van der Waals surface area contributed by atoms with Gasteiger partial charge in [0.1, 0.15) is 11.6 Å². The van der Waals surface area contributed by atoms with Gasteiger partial charge in [0.15, 0.2) is 5.82 Å². The van der Waals surface area contributed by atoms with Gasteiger partial charge in [0, 0.05) is 30.4 Å². The summed E-state index contributed by atoms with van der Waals surface area (Å²) in [5.74, 6) is 1.68. The van der Waals surface area contributed by atoms with Crippen LogP contribution in [0.3, 0.4) is 0 Å². The van der Waals surface area contributed by atoms with Crippen molar-refractivity contribution in [3.05, 3.63) is 66.5 Å². The average Bonchev–Trinajstić information content (AvgIpc) is 2.68. The molecule has 0 bridgehead atoms. The number of anilines is 1. The van der Waals surface area contributed by atoms with Crippen LogP contribution < -0.4 is 5.32 Å². The monoisotopic (exact) mass is 342 g/mol.